The molecular formula is C13H14N2O2S. The summed E-state index contributed by atoms with van der Waals surface area (Å²) in [7, 11) is 0. The molecule has 0 spiro atoms. The standard InChI is InChI=1S/C13H14N2O2S/c1-9-3-2-4-10(7-9)5-6-14-12-11(13(16)17)15-8-18-12/h2-4,7-8,14H,5-6H2,1H3,(H,16,17). The smallest absolute Gasteiger partial charge is 0.357 e. The second-order valence-electron chi connectivity index (χ2n) is 4.00. The fourth-order valence-electron chi connectivity index (χ4n) is 1.71. The number of carbonyl (C=O) groups is 1. The number of benzene rings is 1. The summed E-state index contributed by atoms with van der Waals surface area (Å²) >= 11 is 1.31. The first kappa shape index (κ1) is 12.6. The molecule has 5 heteroatoms. The van der Waals surface area contributed by atoms with Crippen molar-refractivity contribution >= 4 is 22.3 Å². The number of anilines is 1. The van der Waals surface area contributed by atoms with Crippen LogP contribution >= 0.6 is 11.3 Å². The van der Waals surface area contributed by atoms with Gasteiger partial charge in [-0.1, -0.05) is 29.8 Å². The van der Waals surface area contributed by atoms with Gasteiger partial charge in [-0.3, -0.25) is 0 Å². The third kappa shape index (κ3) is 3.07. The Kier molecular flexibility index (Phi) is 3.94. The number of hydrogen-bond acceptors (Lipinski definition) is 4. The highest BCUT2D eigenvalue weighted by atomic mass is 32.1. The zero-order valence-electron chi connectivity index (χ0n) is 10.0. The molecule has 1 aromatic heterocycles. The summed E-state index contributed by atoms with van der Waals surface area (Å²) in [6.07, 6.45) is 0.860. The summed E-state index contributed by atoms with van der Waals surface area (Å²) < 4.78 is 0. The summed E-state index contributed by atoms with van der Waals surface area (Å²) in [6.45, 7) is 2.76. The van der Waals surface area contributed by atoms with Crippen LogP contribution in [0.3, 0.4) is 0 Å². The summed E-state index contributed by atoms with van der Waals surface area (Å²) in [4.78, 5) is 14.7. The van der Waals surface area contributed by atoms with Gasteiger partial charge in [0.25, 0.3) is 0 Å². The molecule has 2 N–H and O–H groups in total. The topological polar surface area (TPSA) is 62.2 Å². The Bertz CT molecular complexity index is 551. The van der Waals surface area contributed by atoms with Crippen molar-refractivity contribution in [1.82, 2.24) is 4.98 Å². The lowest BCUT2D eigenvalue weighted by Gasteiger charge is -2.05. The number of aromatic nitrogens is 1. The van der Waals surface area contributed by atoms with Crippen LogP contribution in [0.4, 0.5) is 5.00 Å². The lowest BCUT2D eigenvalue weighted by atomic mass is 10.1. The largest absolute Gasteiger partial charge is 0.476 e. The van der Waals surface area contributed by atoms with E-state index >= 15 is 0 Å². The van der Waals surface area contributed by atoms with E-state index in [-0.39, 0.29) is 5.69 Å². The van der Waals surface area contributed by atoms with Crippen LogP contribution in [-0.2, 0) is 6.42 Å². The zero-order valence-corrected chi connectivity index (χ0v) is 10.8. The van der Waals surface area contributed by atoms with E-state index in [4.69, 9.17) is 5.11 Å². The molecule has 0 saturated carbocycles. The molecular weight excluding hydrogens is 248 g/mol. The third-order valence-electron chi connectivity index (χ3n) is 2.55. The maximum absolute atomic E-state index is 10.9. The number of aryl methyl sites for hydroxylation is 1. The Morgan fingerprint density at radius 3 is 3.06 bits per heavy atom. The molecule has 2 aromatic rings. The number of aromatic carboxylic acids is 1. The van der Waals surface area contributed by atoms with Gasteiger partial charge in [-0.25, -0.2) is 9.78 Å². The molecule has 0 aliphatic rings. The summed E-state index contributed by atoms with van der Waals surface area (Å²) in [5, 5.41) is 12.6. The highest BCUT2D eigenvalue weighted by Gasteiger charge is 2.12. The van der Waals surface area contributed by atoms with Crippen LogP contribution < -0.4 is 5.32 Å². The van der Waals surface area contributed by atoms with Gasteiger partial charge in [0.1, 0.15) is 5.00 Å². The monoisotopic (exact) mass is 262 g/mol. The number of hydrogen-bond donors (Lipinski definition) is 2. The van der Waals surface area contributed by atoms with E-state index in [1.165, 1.54) is 22.5 Å². The van der Waals surface area contributed by atoms with Gasteiger partial charge in [-0.15, -0.1) is 11.3 Å². The maximum atomic E-state index is 10.9. The van der Waals surface area contributed by atoms with Gasteiger partial charge in [0.2, 0.25) is 0 Å². The second-order valence-corrected chi connectivity index (χ2v) is 4.86. The van der Waals surface area contributed by atoms with E-state index in [1.54, 1.807) is 5.51 Å². The predicted octanol–water partition coefficient (Wildman–Crippen LogP) is 2.80. The van der Waals surface area contributed by atoms with Crippen molar-refractivity contribution in [2.24, 2.45) is 0 Å². The summed E-state index contributed by atoms with van der Waals surface area (Å²) in [5.41, 5.74) is 4.11. The molecule has 0 unspecified atom stereocenters. The zero-order chi connectivity index (χ0) is 13.0. The van der Waals surface area contributed by atoms with Gasteiger partial charge in [0.15, 0.2) is 5.69 Å². The van der Waals surface area contributed by atoms with E-state index in [2.05, 4.69) is 35.4 Å². The Labute approximate surface area is 109 Å². The van der Waals surface area contributed by atoms with Crippen molar-refractivity contribution in [3.8, 4) is 0 Å². The molecule has 18 heavy (non-hydrogen) atoms. The van der Waals surface area contributed by atoms with Crippen LogP contribution in [0.1, 0.15) is 21.6 Å². The van der Waals surface area contributed by atoms with Gasteiger partial charge in [-0.05, 0) is 18.9 Å². The second kappa shape index (κ2) is 5.64. The lowest BCUT2D eigenvalue weighted by Crippen LogP contribution is -2.08. The van der Waals surface area contributed by atoms with E-state index in [1.807, 2.05) is 6.07 Å². The minimum Gasteiger partial charge on any atom is -0.476 e. The Balaban J connectivity index is 1.92. The Hall–Kier alpha value is -1.88. The van der Waals surface area contributed by atoms with Crippen molar-refractivity contribution in [3.05, 3.63) is 46.6 Å². The SMILES string of the molecule is Cc1cccc(CCNc2scnc2C(=O)O)c1. The fraction of sp³-hybridized carbons (Fsp3) is 0.231. The quantitative estimate of drug-likeness (QED) is 0.869. The minimum atomic E-state index is -0.991. The van der Waals surface area contributed by atoms with Crippen molar-refractivity contribution < 1.29 is 9.90 Å². The normalized spacial score (nSPS) is 10.3. The molecule has 94 valence electrons. The number of carboxylic acids is 1. The van der Waals surface area contributed by atoms with Crippen molar-refractivity contribution in [2.45, 2.75) is 13.3 Å². The highest BCUT2D eigenvalue weighted by Crippen LogP contribution is 2.19. The molecule has 1 aromatic carbocycles. The molecule has 4 nitrogen and oxygen atoms in total. The van der Waals surface area contributed by atoms with E-state index in [0.29, 0.717) is 11.5 Å². The van der Waals surface area contributed by atoms with Crippen LogP contribution in [0.2, 0.25) is 0 Å². The molecule has 0 aliphatic carbocycles. The minimum absolute atomic E-state index is 0.101. The van der Waals surface area contributed by atoms with Crippen LogP contribution in [0.5, 0.6) is 0 Å². The highest BCUT2D eigenvalue weighted by molar-refractivity contribution is 7.14. The molecule has 0 atom stereocenters. The van der Waals surface area contributed by atoms with Crippen LogP contribution in [0, 0.1) is 6.92 Å². The molecule has 2 rings (SSSR count). The first-order chi connectivity index (χ1) is 8.66. The molecule has 0 saturated heterocycles. The van der Waals surface area contributed by atoms with Crippen molar-refractivity contribution in [2.75, 3.05) is 11.9 Å². The fourth-order valence-corrected chi connectivity index (χ4v) is 2.41. The van der Waals surface area contributed by atoms with Crippen LogP contribution in [0.25, 0.3) is 0 Å². The third-order valence-corrected chi connectivity index (χ3v) is 3.34. The molecule has 0 bridgehead atoms. The van der Waals surface area contributed by atoms with Gasteiger partial charge in [0, 0.05) is 6.54 Å². The molecule has 0 aliphatic heterocycles. The number of nitrogens with zero attached hydrogens (tertiary/aromatic N) is 1. The number of thiazole rings is 1. The molecule has 0 radical (unpaired) electrons. The van der Waals surface area contributed by atoms with Gasteiger partial charge < -0.3 is 10.4 Å². The number of rotatable bonds is 5. The first-order valence-electron chi connectivity index (χ1n) is 5.63. The number of nitrogens with one attached hydrogen (secondary N) is 1. The molecule has 0 amide bonds. The average molecular weight is 262 g/mol. The Morgan fingerprint density at radius 2 is 2.33 bits per heavy atom. The summed E-state index contributed by atoms with van der Waals surface area (Å²) in [6, 6.07) is 8.29. The van der Waals surface area contributed by atoms with Crippen molar-refractivity contribution in [3.63, 3.8) is 0 Å². The lowest BCUT2D eigenvalue weighted by molar-refractivity contribution is 0.0692. The van der Waals surface area contributed by atoms with Crippen molar-refractivity contribution in [1.29, 1.82) is 0 Å². The summed E-state index contributed by atoms with van der Waals surface area (Å²) in [5.74, 6) is -0.991. The van der Waals surface area contributed by atoms with Gasteiger partial charge in [-0.2, -0.15) is 0 Å². The predicted molar refractivity (Wildman–Crippen MR) is 72.4 cm³/mol. The maximum Gasteiger partial charge on any atom is 0.357 e. The first-order valence-corrected chi connectivity index (χ1v) is 6.51. The average Bonchev–Trinajstić information content (AvgIpc) is 2.77. The van der Waals surface area contributed by atoms with Crippen LogP contribution in [0.15, 0.2) is 29.8 Å². The molecule has 1 heterocycles. The van der Waals surface area contributed by atoms with Gasteiger partial charge in [0.05, 0.1) is 5.51 Å². The van der Waals surface area contributed by atoms with Gasteiger partial charge >= 0.3 is 5.97 Å². The molecule has 0 fully saturated rings. The van der Waals surface area contributed by atoms with E-state index in [0.717, 1.165) is 6.42 Å². The Morgan fingerprint density at radius 1 is 1.50 bits per heavy atom. The van der Waals surface area contributed by atoms with E-state index in [9.17, 15) is 4.79 Å². The van der Waals surface area contributed by atoms with Crippen LogP contribution in [-0.4, -0.2) is 22.6 Å². The van der Waals surface area contributed by atoms with E-state index < -0.39 is 5.97 Å². The number of carboxylic acid groups (broad SMARTS) is 1.